The molecular formula is C10H23N3. The first-order valence-corrected chi connectivity index (χ1v) is 5.38. The van der Waals surface area contributed by atoms with Crippen LogP contribution in [0.1, 0.15) is 19.3 Å². The Bertz CT molecular complexity index is 121. The summed E-state index contributed by atoms with van der Waals surface area (Å²) in [6, 6.07) is 0.829. The van der Waals surface area contributed by atoms with Gasteiger partial charge in [0.2, 0.25) is 0 Å². The molecule has 1 rings (SSSR count). The topological polar surface area (TPSA) is 27.3 Å². The summed E-state index contributed by atoms with van der Waals surface area (Å²) >= 11 is 0. The molecule has 0 bridgehead atoms. The van der Waals surface area contributed by atoms with Crippen LogP contribution in [0.2, 0.25) is 0 Å². The third-order valence-electron chi connectivity index (χ3n) is 2.58. The molecule has 3 heteroatoms. The van der Waals surface area contributed by atoms with Gasteiger partial charge in [-0.2, -0.15) is 0 Å². The Kier molecular flexibility index (Phi) is 5.35. The zero-order chi connectivity index (χ0) is 9.52. The standard InChI is InChI=1S/C10H23N3/c1-13(2)9-8-11-6-7-12-10-4-3-5-10/h10-12H,3-9H2,1-2H3. The number of likely N-dealkylation sites (N-methyl/N-ethyl adjacent to an activating group) is 1. The van der Waals surface area contributed by atoms with Crippen molar-refractivity contribution in [2.24, 2.45) is 0 Å². The van der Waals surface area contributed by atoms with E-state index in [1.165, 1.54) is 19.3 Å². The predicted octanol–water partition coefficient (Wildman–Crippen LogP) is 0.280. The van der Waals surface area contributed by atoms with Crippen LogP contribution < -0.4 is 10.6 Å². The Morgan fingerprint density at radius 3 is 2.46 bits per heavy atom. The fraction of sp³-hybridized carbons (Fsp3) is 1.00. The minimum Gasteiger partial charge on any atom is -0.314 e. The largest absolute Gasteiger partial charge is 0.314 e. The van der Waals surface area contributed by atoms with Gasteiger partial charge in [0.15, 0.2) is 0 Å². The molecule has 1 saturated carbocycles. The summed E-state index contributed by atoms with van der Waals surface area (Å²) in [5.41, 5.74) is 0. The molecular weight excluding hydrogens is 162 g/mol. The molecule has 0 unspecified atom stereocenters. The third-order valence-corrected chi connectivity index (χ3v) is 2.58. The average Bonchev–Trinajstić information content (AvgIpc) is 1.99. The van der Waals surface area contributed by atoms with Gasteiger partial charge in [-0.1, -0.05) is 6.42 Å². The molecule has 0 aromatic rings. The maximum Gasteiger partial charge on any atom is 0.0101 e. The van der Waals surface area contributed by atoms with Crippen molar-refractivity contribution < 1.29 is 0 Å². The maximum absolute atomic E-state index is 3.53. The molecule has 0 aliphatic heterocycles. The molecule has 1 fully saturated rings. The second kappa shape index (κ2) is 6.35. The summed E-state index contributed by atoms with van der Waals surface area (Å²) in [4.78, 5) is 2.20. The molecule has 1 aliphatic carbocycles. The van der Waals surface area contributed by atoms with Gasteiger partial charge in [-0.05, 0) is 26.9 Å². The van der Waals surface area contributed by atoms with Gasteiger partial charge in [0.1, 0.15) is 0 Å². The van der Waals surface area contributed by atoms with Gasteiger partial charge in [-0.15, -0.1) is 0 Å². The minimum absolute atomic E-state index is 0.829. The zero-order valence-corrected chi connectivity index (χ0v) is 8.97. The van der Waals surface area contributed by atoms with E-state index in [9.17, 15) is 0 Å². The van der Waals surface area contributed by atoms with Crippen molar-refractivity contribution >= 4 is 0 Å². The van der Waals surface area contributed by atoms with E-state index in [0.717, 1.165) is 32.2 Å². The van der Waals surface area contributed by atoms with Crippen molar-refractivity contribution in [1.29, 1.82) is 0 Å². The highest BCUT2D eigenvalue weighted by atomic mass is 15.1. The molecule has 0 atom stereocenters. The zero-order valence-electron chi connectivity index (χ0n) is 8.97. The van der Waals surface area contributed by atoms with Crippen LogP contribution >= 0.6 is 0 Å². The van der Waals surface area contributed by atoms with Gasteiger partial charge in [-0.3, -0.25) is 0 Å². The van der Waals surface area contributed by atoms with Gasteiger partial charge < -0.3 is 15.5 Å². The van der Waals surface area contributed by atoms with Gasteiger partial charge in [-0.25, -0.2) is 0 Å². The third kappa shape index (κ3) is 5.24. The molecule has 0 amide bonds. The van der Waals surface area contributed by atoms with Crippen molar-refractivity contribution in [2.75, 3.05) is 40.3 Å². The van der Waals surface area contributed by atoms with Crippen LogP contribution in [0.15, 0.2) is 0 Å². The highest BCUT2D eigenvalue weighted by Gasteiger charge is 2.15. The maximum atomic E-state index is 3.53. The Hall–Kier alpha value is -0.120. The SMILES string of the molecule is CN(C)CCNCCNC1CCC1. The molecule has 0 spiro atoms. The van der Waals surface area contributed by atoms with Crippen molar-refractivity contribution in [3.8, 4) is 0 Å². The van der Waals surface area contributed by atoms with Crippen molar-refractivity contribution in [1.82, 2.24) is 15.5 Å². The van der Waals surface area contributed by atoms with E-state index in [1.807, 2.05) is 0 Å². The number of nitrogens with one attached hydrogen (secondary N) is 2. The van der Waals surface area contributed by atoms with Crippen molar-refractivity contribution in [3.05, 3.63) is 0 Å². The van der Waals surface area contributed by atoms with E-state index in [1.54, 1.807) is 0 Å². The minimum atomic E-state index is 0.829. The summed E-state index contributed by atoms with van der Waals surface area (Å²) in [5.74, 6) is 0. The molecule has 2 N–H and O–H groups in total. The van der Waals surface area contributed by atoms with Crippen LogP contribution in [-0.2, 0) is 0 Å². The number of hydrogen-bond acceptors (Lipinski definition) is 3. The van der Waals surface area contributed by atoms with Crippen LogP contribution in [0.25, 0.3) is 0 Å². The summed E-state index contributed by atoms with van der Waals surface area (Å²) in [7, 11) is 4.21. The van der Waals surface area contributed by atoms with Crippen molar-refractivity contribution in [2.45, 2.75) is 25.3 Å². The average molecular weight is 185 g/mol. The fourth-order valence-corrected chi connectivity index (χ4v) is 1.40. The van der Waals surface area contributed by atoms with E-state index in [4.69, 9.17) is 0 Å². The van der Waals surface area contributed by atoms with Crippen LogP contribution in [-0.4, -0.2) is 51.2 Å². The van der Waals surface area contributed by atoms with Crippen LogP contribution in [0.3, 0.4) is 0 Å². The fourth-order valence-electron chi connectivity index (χ4n) is 1.40. The Labute approximate surface area is 81.9 Å². The summed E-state index contributed by atoms with van der Waals surface area (Å²) in [6.07, 6.45) is 4.20. The molecule has 0 heterocycles. The number of rotatable bonds is 7. The first kappa shape index (κ1) is 11.0. The molecule has 0 aromatic carbocycles. The molecule has 0 radical (unpaired) electrons. The highest BCUT2D eigenvalue weighted by Crippen LogP contribution is 2.17. The van der Waals surface area contributed by atoms with Gasteiger partial charge >= 0.3 is 0 Å². The molecule has 1 aliphatic rings. The van der Waals surface area contributed by atoms with Gasteiger partial charge in [0.25, 0.3) is 0 Å². The summed E-state index contributed by atoms with van der Waals surface area (Å²) in [5, 5.41) is 6.95. The van der Waals surface area contributed by atoms with Crippen LogP contribution in [0.5, 0.6) is 0 Å². The van der Waals surface area contributed by atoms with E-state index in [0.29, 0.717) is 0 Å². The lowest BCUT2D eigenvalue weighted by Gasteiger charge is -2.26. The summed E-state index contributed by atoms with van der Waals surface area (Å²) in [6.45, 7) is 4.45. The van der Waals surface area contributed by atoms with Gasteiger partial charge in [0, 0.05) is 32.2 Å². The molecule has 3 nitrogen and oxygen atoms in total. The highest BCUT2D eigenvalue weighted by molar-refractivity contribution is 4.76. The Morgan fingerprint density at radius 1 is 1.15 bits per heavy atom. The lowest BCUT2D eigenvalue weighted by Crippen LogP contribution is -2.40. The second-order valence-corrected chi connectivity index (χ2v) is 4.14. The second-order valence-electron chi connectivity index (χ2n) is 4.14. The molecule has 78 valence electrons. The number of nitrogens with zero attached hydrogens (tertiary/aromatic N) is 1. The molecule has 13 heavy (non-hydrogen) atoms. The Morgan fingerprint density at radius 2 is 1.92 bits per heavy atom. The van der Waals surface area contributed by atoms with Gasteiger partial charge in [0.05, 0.1) is 0 Å². The first-order valence-electron chi connectivity index (χ1n) is 5.38. The normalized spacial score (nSPS) is 17.8. The smallest absolute Gasteiger partial charge is 0.0101 e. The van der Waals surface area contributed by atoms with E-state index in [2.05, 4.69) is 29.6 Å². The molecule has 0 saturated heterocycles. The Balaban J connectivity index is 1.73. The summed E-state index contributed by atoms with van der Waals surface area (Å²) < 4.78 is 0. The van der Waals surface area contributed by atoms with E-state index >= 15 is 0 Å². The monoisotopic (exact) mass is 185 g/mol. The van der Waals surface area contributed by atoms with Crippen LogP contribution in [0, 0.1) is 0 Å². The lowest BCUT2D eigenvalue weighted by molar-refractivity contribution is 0.337. The van der Waals surface area contributed by atoms with Crippen LogP contribution in [0.4, 0.5) is 0 Å². The lowest BCUT2D eigenvalue weighted by atomic mass is 9.93. The van der Waals surface area contributed by atoms with E-state index in [-0.39, 0.29) is 0 Å². The number of hydrogen-bond donors (Lipinski definition) is 2. The van der Waals surface area contributed by atoms with Crippen molar-refractivity contribution in [3.63, 3.8) is 0 Å². The van der Waals surface area contributed by atoms with E-state index < -0.39 is 0 Å². The molecule has 0 aromatic heterocycles. The quantitative estimate of drug-likeness (QED) is 0.558. The predicted molar refractivity (Wildman–Crippen MR) is 57.1 cm³/mol. The first-order chi connectivity index (χ1) is 6.29.